The Balaban J connectivity index is 1.97. The number of hydrogen-bond acceptors (Lipinski definition) is 3. The summed E-state index contributed by atoms with van der Waals surface area (Å²) in [4.78, 5) is 0. The lowest BCUT2D eigenvalue weighted by Gasteiger charge is -2.33. The van der Waals surface area contributed by atoms with Gasteiger partial charge in [-0.3, -0.25) is 11.3 Å². The van der Waals surface area contributed by atoms with Crippen molar-refractivity contribution >= 4 is 11.6 Å². The zero-order chi connectivity index (χ0) is 13.7. The summed E-state index contributed by atoms with van der Waals surface area (Å²) >= 11 is 5.97. The Morgan fingerprint density at radius 2 is 2.05 bits per heavy atom. The largest absolute Gasteiger partial charge is 0.489 e. The highest BCUT2D eigenvalue weighted by Crippen LogP contribution is 2.29. The molecule has 3 nitrogen and oxygen atoms in total. The van der Waals surface area contributed by atoms with Gasteiger partial charge in [0.1, 0.15) is 11.9 Å². The van der Waals surface area contributed by atoms with Crippen molar-refractivity contribution in [2.45, 2.75) is 51.2 Å². The predicted molar refractivity (Wildman–Crippen MR) is 79.2 cm³/mol. The van der Waals surface area contributed by atoms with Crippen molar-refractivity contribution in [3.63, 3.8) is 0 Å². The molecule has 2 rings (SSSR count). The van der Waals surface area contributed by atoms with E-state index in [0.29, 0.717) is 10.9 Å². The van der Waals surface area contributed by atoms with Crippen molar-refractivity contribution in [3.8, 4) is 5.75 Å². The number of hydrazine groups is 1. The van der Waals surface area contributed by atoms with Gasteiger partial charge in [-0.05, 0) is 43.9 Å². The molecule has 2 unspecified atom stereocenters. The molecule has 1 saturated carbocycles. The normalized spacial score (nSPS) is 19.9. The second-order valence-corrected chi connectivity index (χ2v) is 5.81. The van der Waals surface area contributed by atoms with Crippen LogP contribution < -0.4 is 16.0 Å². The minimum absolute atomic E-state index is 0.0339. The van der Waals surface area contributed by atoms with Gasteiger partial charge in [-0.15, -0.1) is 0 Å². The maximum Gasteiger partial charge on any atom is 0.121 e. The average Bonchev–Trinajstić information content (AvgIpc) is 2.41. The standard InChI is InChI=1S/C15H23ClN2O/c1-11(19-14-9-5-8-13(16)10-14)15(18-17)12-6-3-2-4-7-12/h5,8-12,15,18H,2-4,6-7,17H2,1H3. The van der Waals surface area contributed by atoms with Gasteiger partial charge in [0, 0.05) is 5.02 Å². The molecule has 0 radical (unpaired) electrons. The first kappa shape index (κ1) is 14.6. The first-order valence-corrected chi connectivity index (χ1v) is 7.47. The van der Waals surface area contributed by atoms with Gasteiger partial charge >= 0.3 is 0 Å². The lowest BCUT2D eigenvalue weighted by molar-refractivity contribution is 0.117. The molecule has 0 amide bonds. The fourth-order valence-electron chi connectivity index (χ4n) is 2.98. The molecule has 4 heteroatoms. The van der Waals surface area contributed by atoms with Crippen LogP contribution in [-0.2, 0) is 0 Å². The van der Waals surface area contributed by atoms with Crippen molar-refractivity contribution in [1.29, 1.82) is 0 Å². The highest BCUT2D eigenvalue weighted by molar-refractivity contribution is 6.30. The summed E-state index contributed by atoms with van der Waals surface area (Å²) in [5.74, 6) is 7.14. The van der Waals surface area contributed by atoms with Gasteiger partial charge in [0.05, 0.1) is 6.04 Å². The van der Waals surface area contributed by atoms with E-state index < -0.39 is 0 Å². The highest BCUT2D eigenvalue weighted by atomic mass is 35.5. The number of nitrogens with two attached hydrogens (primary N) is 1. The van der Waals surface area contributed by atoms with Gasteiger partial charge in [0.25, 0.3) is 0 Å². The molecular formula is C15H23ClN2O. The molecule has 0 aromatic heterocycles. The van der Waals surface area contributed by atoms with E-state index in [1.165, 1.54) is 32.1 Å². The topological polar surface area (TPSA) is 47.3 Å². The summed E-state index contributed by atoms with van der Waals surface area (Å²) in [6.07, 6.45) is 6.44. The minimum Gasteiger partial charge on any atom is -0.489 e. The van der Waals surface area contributed by atoms with Crippen molar-refractivity contribution in [3.05, 3.63) is 29.3 Å². The lowest BCUT2D eigenvalue weighted by Crippen LogP contribution is -2.50. The van der Waals surface area contributed by atoms with Crippen LogP contribution in [0.1, 0.15) is 39.0 Å². The van der Waals surface area contributed by atoms with Gasteiger partial charge in [-0.1, -0.05) is 36.9 Å². The molecule has 0 aliphatic heterocycles. The summed E-state index contributed by atoms with van der Waals surface area (Å²) in [5, 5.41) is 0.694. The van der Waals surface area contributed by atoms with E-state index in [-0.39, 0.29) is 12.1 Å². The van der Waals surface area contributed by atoms with Crippen LogP contribution in [-0.4, -0.2) is 12.1 Å². The van der Waals surface area contributed by atoms with Gasteiger partial charge in [0.15, 0.2) is 0 Å². The molecule has 1 aliphatic carbocycles. The molecule has 106 valence electrons. The van der Waals surface area contributed by atoms with Crippen LogP contribution in [0.4, 0.5) is 0 Å². The molecule has 1 aliphatic rings. The van der Waals surface area contributed by atoms with Crippen LogP contribution in [0.2, 0.25) is 5.02 Å². The molecule has 3 N–H and O–H groups in total. The van der Waals surface area contributed by atoms with Crippen LogP contribution in [0.15, 0.2) is 24.3 Å². The maximum absolute atomic E-state index is 5.97. The Morgan fingerprint density at radius 1 is 1.32 bits per heavy atom. The van der Waals surface area contributed by atoms with Crippen LogP contribution in [0.25, 0.3) is 0 Å². The van der Waals surface area contributed by atoms with E-state index in [9.17, 15) is 0 Å². The van der Waals surface area contributed by atoms with Crippen molar-refractivity contribution < 1.29 is 4.74 Å². The van der Waals surface area contributed by atoms with E-state index in [2.05, 4.69) is 12.3 Å². The third kappa shape index (κ3) is 4.10. The Morgan fingerprint density at radius 3 is 2.68 bits per heavy atom. The van der Waals surface area contributed by atoms with E-state index in [4.69, 9.17) is 22.2 Å². The Bertz CT molecular complexity index is 393. The summed E-state index contributed by atoms with van der Waals surface area (Å²) in [6.45, 7) is 2.07. The number of benzene rings is 1. The molecule has 0 saturated heterocycles. The Hall–Kier alpha value is -0.770. The lowest BCUT2D eigenvalue weighted by atomic mass is 9.82. The predicted octanol–water partition coefficient (Wildman–Crippen LogP) is 3.52. The zero-order valence-electron chi connectivity index (χ0n) is 11.4. The Labute approximate surface area is 120 Å². The zero-order valence-corrected chi connectivity index (χ0v) is 12.2. The van der Waals surface area contributed by atoms with Crippen LogP contribution in [0.5, 0.6) is 5.75 Å². The fraction of sp³-hybridized carbons (Fsp3) is 0.600. The van der Waals surface area contributed by atoms with E-state index in [0.717, 1.165) is 5.75 Å². The second-order valence-electron chi connectivity index (χ2n) is 5.37. The molecule has 1 aromatic rings. The average molecular weight is 283 g/mol. The minimum atomic E-state index is 0.0339. The first-order chi connectivity index (χ1) is 9.20. The molecule has 2 atom stereocenters. The molecule has 1 aromatic carbocycles. The number of nitrogens with one attached hydrogen (secondary N) is 1. The SMILES string of the molecule is CC(Oc1cccc(Cl)c1)C(NN)C1CCCCC1. The number of hydrogen-bond donors (Lipinski definition) is 2. The second kappa shape index (κ2) is 7.13. The molecule has 1 fully saturated rings. The van der Waals surface area contributed by atoms with Crippen molar-refractivity contribution in [2.75, 3.05) is 0 Å². The molecule has 0 spiro atoms. The monoisotopic (exact) mass is 282 g/mol. The van der Waals surface area contributed by atoms with E-state index in [1.54, 1.807) is 0 Å². The quantitative estimate of drug-likeness (QED) is 0.642. The van der Waals surface area contributed by atoms with Gasteiger partial charge in [-0.25, -0.2) is 0 Å². The van der Waals surface area contributed by atoms with Gasteiger partial charge in [-0.2, -0.15) is 0 Å². The van der Waals surface area contributed by atoms with Gasteiger partial charge in [0.2, 0.25) is 0 Å². The third-order valence-electron chi connectivity index (χ3n) is 3.97. The van der Waals surface area contributed by atoms with E-state index in [1.807, 2.05) is 24.3 Å². The fourth-order valence-corrected chi connectivity index (χ4v) is 3.16. The summed E-state index contributed by atoms with van der Waals surface area (Å²) in [7, 11) is 0. The number of halogens is 1. The Kier molecular flexibility index (Phi) is 5.49. The smallest absolute Gasteiger partial charge is 0.121 e. The summed E-state index contributed by atoms with van der Waals surface area (Å²) in [6, 6.07) is 7.71. The number of rotatable bonds is 5. The maximum atomic E-state index is 5.97. The molecule has 0 bridgehead atoms. The van der Waals surface area contributed by atoms with Crippen LogP contribution >= 0.6 is 11.6 Å². The van der Waals surface area contributed by atoms with Crippen LogP contribution in [0.3, 0.4) is 0 Å². The first-order valence-electron chi connectivity index (χ1n) is 7.09. The third-order valence-corrected chi connectivity index (χ3v) is 4.21. The number of ether oxygens (including phenoxy) is 1. The summed E-state index contributed by atoms with van der Waals surface area (Å²) < 4.78 is 5.97. The van der Waals surface area contributed by atoms with Crippen LogP contribution in [0, 0.1) is 5.92 Å². The van der Waals surface area contributed by atoms with E-state index >= 15 is 0 Å². The van der Waals surface area contributed by atoms with Crippen molar-refractivity contribution in [1.82, 2.24) is 5.43 Å². The molecule has 19 heavy (non-hydrogen) atoms. The molecular weight excluding hydrogens is 260 g/mol. The van der Waals surface area contributed by atoms with Gasteiger partial charge < -0.3 is 4.74 Å². The van der Waals surface area contributed by atoms with Crippen molar-refractivity contribution in [2.24, 2.45) is 11.8 Å². The highest BCUT2D eigenvalue weighted by Gasteiger charge is 2.28. The molecule has 0 heterocycles. The summed E-state index contributed by atoms with van der Waals surface area (Å²) in [5.41, 5.74) is 2.95.